The molecule has 0 saturated heterocycles. The molecular weight excluding hydrogens is 360 g/mol. The first kappa shape index (κ1) is 16.9. The average Bonchev–Trinajstić information content (AvgIpc) is 3.05. The molecule has 0 radical (unpaired) electrons. The van der Waals surface area contributed by atoms with Crippen molar-refractivity contribution in [3.8, 4) is 17.1 Å². The van der Waals surface area contributed by atoms with E-state index in [1.54, 1.807) is 22.8 Å². The van der Waals surface area contributed by atoms with Crippen molar-refractivity contribution >= 4 is 16.9 Å². The van der Waals surface area contributed by atoms with E-state index in [4.69, 9.17) is 9.72 Å². The number of aromatic nitrogens is 2. The van der Waals surface area contributed by atoms with Gasteiger partial charge in [-0.1, -0.05) is 6.92 Å². The molecule has 3 aromatic rings. The number of esters is 1. The van der Waals surface area contributed by atoms with E-state index in [0.717, 1.165) is 34.0 Å². The van der Waals surface area contributed by atoms with Crippen molar-refractivity contribution in [2.75, 3.05) is 0 Å². The number of pyridine rings is 2. The van der Waals surface area contributed by atoms with Gasteiger partial charge < -0.3 is 19.5 Å². The standard InChI is InChI=1S/C21H18N2O5/c1-3-10-12-7-23-15(6-11-13(20(23)26)8-28-21(27)19(11)25)18(12)22-14-4-5-16(24)9(2)17(10)14/h4-6,19,24-25H,3,7-8H2,1-2H3. The van der Waals surface area contributed by atoms with Crippen LogP contribution in [0.25, 0.3) is 22.3 Å². The highest BCUT2D eigenvalue weighted by Crippen LogP contribution is 2.39. The number of phenols is 1. The number of cyclic esters (lactones) is 1. The Morgan fingerprint density at radius 1 is 1.29 bits per heavy atom. The van der Waals surface area contributed by atoms with Crippen LogP contribution in [-0.2, 0) is 29.1 Å². The van der Waals surface area contributed by atoms with Crippen LogP contribution in [0.5, 0.6) is 5.75 Å². The SMILES string of the molecule is CCc1c2c(nc3ccc(O)c(C)c13)-c1cc3c(c(=O)n1C2)COC(=O)C3O. The topological polar surface area (TPSA) is 102 Å². The Bertz CT molecular complexity index is 1260. The molecule has 0 spiro atoms. The molecule has 28 heavy (non-hydrogen) atoms. The number of hydrogen-bond donors (Lipinski definition) is 2. The number of hydrogen-bond acceptors (Lipinski definition) is 6. The number of carbonyl (C=O) groups is 1. The van der Waals surface area contributed by atoms with Crippen LogP contribution in [0.3, 0.4) is 0 Å². The highest BCUT2D eigenvalue weighted by Gasteiger charge is 2.34. The van der Waals surface area contributed by atoms with E-state index in [-0.39, 0.29) is 17.9 Å². The molecule has 5 rings (SSSR count). The molecule has 2 aromatic heterocycles. The van der Waals surface area contributed by atoms with Crippen LogP contribution in [0.4, 0.5) is 0 Å². The number of carbonyl (C=O) groups excluding carboxylic acids is 1. The first-order valence-electron chi connectivity index (χ1n) is 9.18. The lowest BCUT2D eigenvalue weighted by Crippen LogP contribution is -2.32. The molecular formula is C21H18N2O5. The highest BCUT2D eigenvalue weighted by molar-refractivity contribution is 5.92. The third-order valence-electron chi connectivity index (χ3n) is 5.82. The summed E-state index contributed by atoms with van der Waals surface area (Å²) in [7, 11) is 0. The monoisotopic (exact) mass is 378 g/mol. The fourth-order valence-corrected chi connectivity index (χ4v) is 4.37. The summed E-state index contributed by atoms with van der Waals surface area (Å²) in [5.74, 6) is -0.534. The first-order chi connectivity index (χ1) is 13.4. The van der Waals surface area contributed by atoms with Crippen LogP contribution in [0.2, 0.25) is 0 Å². The van der Waals surface area contributed by atoms with E-state index in [9.17, 15) is 19.8 Å². The number of benzene rings is 1. The Labute approximate surface area is 159 Å². The minimum absolute atomic E-state index is 0.135. The van der Waals surface area contributed by atoms with Crippen LogP contribution in [-0.4, -0.2) is 25.7 Å². The minimum Gasteiger partial charge on any atom is -0.508 e. The van der Waals surface area contributed by atoms with E-state index in [1.807, 2.05) is 13.8 Å². The summed E-state index contributed by atoms with van der Waals surface area (Å²) in [6, 6.07) is 5.06. The molecule has 0 bridgehead atoms. The van der Waals surface area contributed by atoms with E-state index in [1.165, 1.54) is 0 Å². The highest BCUT2D eigenvalue weighted by atomic mass is 16.5. The van der Waals surface area contributed by atoms with Crippen LogP contribution in [0, 0.1) is 6.92 Å². The molecule has 2 aliphatic rings. The van der Waals surface area contributed by atoms with Crippen molar-refractivity contribution in [2.24, 2.45) is 0 Å². The zero-order valence-corrected chi connectivity index (χ0v) is 15.4. The Kier molecular flexibility index (Phi) is 3.42. The van der Waals surface area contributed by atoms with Gasteiger partial charge in [0.1, 0.15) is 12.4 Å². The molecule has 1 unspecified atom stereocenters. The van der Waals surface area contributed by atoms with E-state index in [2.05, 4.69) is 0 Å². The number of aryl methyl sites for hydroxylation is 2. The minimum atomic E-state index is -1.46. The van der Waals surface area contributed by atoms with Crippen LogP contribution in [0.1, 0.15) is 40.8 Å². The maximum atomic E-state index is 13.0. The number of ether oxygens (including phenoxy) is 1. The molecule has 0 amide bonds. The molecule has 1 aromatic carbocycles. The molecule has 0 saturated carbocycles. The van der Waals surface area contributed by atoms with Gasteiger partial charge in [-0.05, 0) is 37.1 Å². The van der Waals surface area contributed by atoms with Crippen molar-refractivity contribution in [3.63, 3.8) is 0 Å². The molecule has 0 aliphatic carbocycles. The fraction of sp³-hybridized carbons (Fsp3) is 0.286. The molecule has 2 aliphatic heterocycles. The second kappa shape index (κ2) is 5.65. The number of fused-ring (bicyclic) bond motifs is 5. The summed E-state index contributed by atoms with van der Waals surface area (Å²) in [5, 5.41) is 21.3. The number of phenolic OH excluding ortho intramolecular Hbond substituents is 1. The van der Waals surface area contributed by atoms with Crippen LogP contribution in [0.15, 0.2) is 23.0 Å². The van der Waals surface area contributed by atoms with Gasteiger partial charge in [-0.15, -0.1) is 0 Å². The summed E-state index contributed by atoms with van der Waals surface area (Å²) < 4.78 is 6.55. The molecule has 142 valence electrons. The zero-order valence-electron chi connectivity index (χ0n) is 15.4. The predicted octanol–water partition coefficient (Wildman–Crippen LogP) is 2.09. The Balaban J connectivity index is 1.85. The number of rotatable bonds is 1. The largest absolute Gasteiger partial charge is 0.508 e. The van der Waals surface area contributed by atoms with E-state index in [0.29, 0.717) is 29.1 Å². The lowest BCUT2D eigenvalue weighted by molar-refractivity contribution is -0.157. The van der Waals surface area contributed by atoms with Gasteiger partial charge in [0.15, 0.2) is 6.10 Å². The second-order valence-corrected chi connectivity index (χ2v) is 7.24. The van der Waals surface area contributed by atoms with Crippen molar-refractivity contribution in [1.82, 2.24) is 9.55 Å². The van der Waals surface area contributed by atoms with Gasteiger partial charge >= 0.3 is 5.97 Å². The number of nitrogens with zero attached hydrogens (tertiary/aromatic N) is 2. The number of aliphatic hydroxyl groups excluding tert-OH is 1. The number of aromatic hydroxyl groups is 1. The van der Waals surface area contributed by atoms with Gasteiger partial charge in [0.2, 0.25) is 0 Å². The lowest BCUT2D eigenvalue weighted by Gasteiger charge is -2.21. The average molecular weight is 378 g/mol. The van der Waals surface area contributed by atoms with Crippen molar-refractivity contribution < 1.29 is 19.7 Å². The van der Waals surface area contributed by atoms with Crippen molar-refractivity contribution in [1.29, 1.82) is 0 Å². The summed E-state index contributed by atoms with van der Waals surface area (Å²) in [6.45, 7) is 4.12. The fourth-order valence-electron chi connectivity index (χ4n) is 4.37. The normalized spacial score (nSPS) is 17.2. The predicted molar refractivity (Wildman–Crippen MR) is 101 cm³/mol. The third kappa shape index (κ3) is 2.05. The molecule has 7 nitrogen and oxygen atoms in total. The molecule has 2 N–H and O–H groups in total. The summed E-state index contributed by atoms with van der Waals surface area (Å²) >= 11 is 0. The maximum absolute atomic E-state index is 13.0. The van der Waals surface area contributed by atoms with Gasteiger partial charge in [-0.2, -0.15) is 0 Å². The van der Waals surface area contributed by atoms with Gasteiger partial charge in [0.05, 0.1) is 29.0 Å². The second-order valence-electron chi connectivity index (χ2n) is 7.24. The van der Waals surface area contributed by atoms with Gasteiger partial charge in [-0.25, -0.2) is 9.78 Å². The number of aliphatic hydroxyl groups is 1. The first-order valence-corrected chi connectivity index (χ1v) is 9.18. The smallest absolute Gasteiger partial charge is 0.340 e. The van der Waals surface area contributed by atoms with Crippen molar-refractivity contribution in [3.05, 3.63) is 56.4 Å². The Morgan fingerprint density at radius 2 is 2.07 bits per heavy atom. The van der Waals surface area contributed by atoms with Gasteiger partial charge in [-0.3, -0.25) is 4.79 Å². The lowest BCUT2D eigenvalue weighted by atomic mass is 9.95. The third-order valence-corrected chi connectivity index (χ3v) is 5.82. The zero-order chi connectivity index (χ0) is 19.7. The van der Waals surface area contributed by atoms with Crippen molar-refractivity contribution in [2.45, 2.75) is 39.5 Å². The summed E-state index contributed by atoms with van der Waals surface area (Å²) in [6.07, 6.45) is -0.741. The van der Waals surface area contributed by atoms with E-state index < -0.39 is 12.1 Å². The molecule has 0 fully saturated rings. The molecule has 4 heterocycles. The Morgan fingerprint density at radius 3 is 2.82 bits per heavy atom. The molecule has 7 heteroatoms. The van der Waals surface area contributed by atoms with E-state index >= 15 is 0 Å². The summed E-state index contributed by atoms with van der Waals surface area (Å²) in [5.41, 5.74) is 5.08. The van der Waals surface area contributed by atoms with Crippen LogP contribution >= 0.6 is 0 Å². The van der Waals surface area contributed by atoms with Gasteiger partial charge in [0, 0.05) is 22.1 Å². The quantitative estimate of drug-likeness (QED) is 0.492. The molecule has 1 atom stereocenters. The summed E-state index contributed by atoms with van der Waals surface area (Å²) in [4.78, 5) is 29.5. The van der Waals surface area contributed by atoms with Crippen LogP contribution < -0.4 is 5.56 Å². The van der Waals surface area contributed by atoms with Gasteiger partial charge in [0.25, 0.3) is 5.56 Å². The maximum Gasteiger partial charge on any atom is 0.340 e. The Hall–Kier alpha value is -3.19.